The molecule has 2 atom stereocenters. The summed E-state index contributed by atoms with van der Waals surface area (Å²) in [4.78, 5) is 0. The predicted molar refractivity (Wildman–Crippen MR) is 235 cm³/mol. The maximum Gasteiger partial charge on any atom is 0.126 e. The number of aliphatic hydroxyl groups excluding tert-OH is 2. The van der Waals surface area contributed by atoms with Crippen LogP contribution < -0.4 is 0 Å². The molecule has 0 aliphatic carbocycles. The fourth-order valence-electron chi connectivity index (χ4n) is 5.62. The van der Waals surface area contributed by atoms with Crippen molar-refractivity contribution in [2.24, 2.45) is 17.3 Å². The predicted octanol–water partition coefficient (Wildman–Crippen LogP) is 3.08. The molecule has 0 aromatic carbocycles. The van der Waals surface area contributed by atoms with Crippen LogP contribution in [0.3, 0.4) is 0 Å². The Morgan fingerprint density at radius 2 is 0.548 bits per heavy atom. The largest absolute Gasteiger partial charge is 0.395 e. The van der Waals surface area contributed by atoms with Gasteiger partial charge in [0.1, 0.15) is 5.60 Å². The molecule has 0 rings (SSSR count). The minimum absolute atomic E-state index is 0.0203. The summed E-state index contributed by atoms with van der Waals surface area (Å²) in [5, 5.41) is 18.5. The van der Waals surface area contributed by atoms with Crippen molar-refractivity contribution in [1.82, 2.24) is 0 Å². The monoisotopic (exact) mass is 901 g/mol. The summed E-state index contributed by atoms with van der Waals surface area (Å²) in [5.74, 6) is 7.54. The molecular weight excluding hydrogens is 812 g/mol. The molecule has 0 aromatic heterocycles. The third-order valence-electron chi connectivity index (χ3n) is 8.35. The normalized spacial score (nSPS) is 13.8. The minimum atomic E-state index is -0.593. The van der Waals surface area contributed by atoms with Gasteiger partial charge < -0.3 is 81.3 Å². The lowest BCUT2D eigenvalue weighted by atomic mass is 9.82. The van der Waals surface area contributed by atoms with E-state index in [9.17, 15) is 5.11 Å². The van der Waals surface area contributed by atoms with Crippen molar-refractivity contribution in [2.45, 2.75) is 60.0 Å². The number of rotatable bonds is 50. The molecule has 0 heterocycles. The Balaban J connectivity index is 3.36. The first-order valence-electron chi connectivity index (χ1n) is 22.6. The van der Waals surface area contributed by atoms with E-state index < -0.39 is 11.0 Å². The number of aliphatic hydroxyl groups is 2. The van der Waals surface area contributed by atoms with E-state index in [2.05, 4.69) is 39.5 Å². The third kappa shape index (κ3) is 45.4. The van der Waals surface area contributed by atoms with Crippen LogP contribution in [0.15, 0.2) is 0 Å². The van der Waals surface area contributed by atoms with Gasteiger partial charge in [-0.05, 0) is 38.5 Å². The van der Waals surface area contributed by atoms with Crippen molar-refractivity contribution in [2.75, 3.05) is 205 Å². The smallest absolute Gasteiger partial charge is 0.126 e. The van der Waals surface area contributed by atoms with Gasteiger partial charge in [-0.2, -0.15) is 0 Å². The van der Waals surface area contributed by atoms with Crippen molar-refractivity contribution in [3.63, 3.8) is 0 Å². The maximum atomic E-state index is 9.93. The summed E-state index contributed by atoms with van der Waals surface area (Å²) < 4.78 is 82.9. The van der Waals surface area contributed by atoms with Crippen LogP contribution in [-0.2, 0) is 71.1 Å². The molecule has 0 spiro atoms. The molecule has 370 valence electrons. The number of ether oxygens (including phenoxy) is 15. The molecule has 17 heteroatoms. The third-order valence-corrected chi connectivity index (χ3v) is 8.35. The van der Waals surface area contributed by atoms with Gasteiger partial charge in [0.05, 0.1) is 210 Å². The Hall–Kier alpha value is -1.12. The lowest BCUT2D eigenvalue weighted by Gasteiger charge is -2.28. The van der Waals surface area contributed by atoms with Crippen LogP contribution >= 0.6 is 0 Å². The number of hydrogen-bond donors (Lipinski definition) is 2. The van der Waals surface area contributed by atoms with Gasteiger partial charge in [-0.1, -0.05) is 39.5 Å². The second-order valence-corrected chi connectivity index (χ2v) is 15.5. The molecule has 0 radical (unpaired) electrons. The summed E-state index contributed by atoms with van der Waals surface area (Å²) in [6.45, 7) is 26.6. The molecule has 0 fully saturated rings. The van der Waals surface area contributed by atoms with Crippen LogP contribution in [-0.4, -0.2) is 221 Å². The summed E-state index contributed by atoms with van der Waals surface area (Å²) in [6, 6.07) is 0. The van der Waals surface area contributed by atoms with Crippen molar-refractivity contribution in [3.05, 3.63) is 0 Å². The summed E-state index contributed by atoms with van der Waals surface area (Å²) in [7, 11) is 0. The van der Waals surface area contributed by atoms with E-state index in [0.29, 0.717) is 203 Å². The molecule has 62 heavy (non-hydrogen) atoms. The van der Waals surface area contributed by atoms with Crippen LogP contribution in [0.5, 0.6) is 0 Å². The summed E-state index contributed by atoms with van der Waals surface area (Å²) in [5.41, 5.74) is -1.03. The molecule has 0 saturated heterocycles. The molecule has 2 unspecified atom stereocenters. The van der Waals surface area contributed by atoms with E-state index in [-0.39, 0.29) is 13.2 Å². The Morgan fingerprint density at radius 3 is 0.758 bits per heavy atom. The lowest BCUT2D eigenvalue weighted by Crippen LogP contribution is -2.32. The van der Waals surface area contributed by atoms with E-state index in [4.69, 9.17) is 76.2 Å². The minimum Gasteiger partial charge on any atom is -0.395 e. The molecule has 0 aliphatic rings. The standard InChI is InChI=1S/C45H88O17/c1-42(2)39-44(5,41-47)7-8-45(6,40-43(3)4)62-38-37-61-36-35-60-34-33-59-32-31-58-30-29-57-28-27-56-26-25-55-24-23-54-22-21-53-20-19-52-18-17-51-16-15-50-14-13-49-12-11-48-10-9-46/h42-43,46-47H,9-41H2,1-6H3. The van der Waals surface area contributed by atoms with Crippen LogP contribution in [0.25, 0.3) is 0 Å². The van der Waals surface area contributed by atoms with E-state index in [1.54, 1.807) is 0 Å². The molecule has 0 aliphatic heterocycles. The van der Waals surface area contributed by atoms with Gasteiger partial charge in [-0.15, -0.1) is 0 Å². The Morgan fingerprint density at radius 1 is 0.323 bits per heavy atom. The second-order valence-electron chi connectivity index (χ2n) is 15.5. The molecule has 0 amide bonds. The van der Waals surface area contributed by atoms with E-state index in [1.165, 1.54) is 0 Å². The van der Waals surface area contributed by atoms with Gasteiger partial charge in [0.2, 0.25) is 0 Å². The van der Waals surface area contributed by atoms with E-state index in [1.807, 2.05) is 13.8 Å². The highest BCUT2D eigenvalue weighted by atomic mass is 16.6. The topological polar surface area (TPSA) is 179 Å². The molecule has 2 N–H and O–H groups in total. The van der Waals surface area contributed by atoms with Crippen LogP contribution in [0, 0.1) is 29.1 Å². The average Bonchev–Trinajstić information content (AvgIpc) is 3.24. The first kappa shape index (κ1) is 60.9. The van der Waals surface area contributed by atoms with Crippen LogP contribution in [0.4, 0.5) is 0 Å². The Labute approximate surface area is 374 Å². The van der Waals surface area contributed by atoms with E-state index in [0.717, 1.165) is 12.8 Å². The lowest BCUT2D eigenvalue weighted by molar-refractivity contribution is -0.0453. The number of hydrogen-bond acceptors (Lipinski definition) is 17. The highest BCUT2D eigenvalue weighted by Gasteiger charge is 2.27. The molecular formula is C45H88O17. The summed E-state index contributed by atoms with van der Waals surface area (Å²) >= 11 is 0. The van der Waals surface area contributed by atoms with Crippen molar-refractivity contribution in [1.29, 1.82) is 0 Å². The van der Waals surface area contributed by atoms with Gasteiger partial charge in [0, 0.05) is 0 Å². The molecule has 0 saturated carbocycles. The van der Waals surface area contributed by atoms with Crippen LogP contribution in [0.1, 0.15) is 54.4 Å². The van der Waals surface area contributed by atoms with Crippen LogP contribution in [0.2, 0.25) is 0 Å². The average molecular weight is 901 g/mol. The van der Waals surface area contributed by atoms with Gasteiger partial charge in [-0.3, -0.25) is 0 Å². The second kappa shape index (κ2) is 46.4. The first-order chi connectivity index (χ1) is 30.2. The highest BCUT2D eigenvalue weighted by Crippen LogP contribution is 2.27. The molecule has 17 nitrogen and oxygen atoms in total. The first-order valence-corrected chi connectivity index (χ1v) is 22.6. The fraction of sp³-hybridized carbons (Fsp3) is 0.956. The quantitative estimate of drug-likeness (QED) is 0.0672. The Kier molecular flexibility index (Phi) is 45.6. The zero-order chi connectivity index (χ0) is 45.5. The van der Waals surface area contributed by atoms with Crippen molar-refractivity contribution in [3.8, 4) is 11.8 Å². The highest BCUT2D eigenvalue weighted by molar-refractivity contribution is 5.19. The molecule has 0 aromatic rings. The summed E-state index contributed by atoms with van der Waals surface area (Å²) in [6.07, 6.45) is 1.64. The zero-order valence-corrected chi connectivity index (χ0v) is 39.5. The van der Waals surface area contributed by atoms with Crippen molar-refractivity contribution >= 4 is 0 Å². The van der Waals surface area contributed by atoms with Gasteiger partial charge in [0.15, 0.2) is 0 Å². The zero-order valence-electron chi connectivity index (χ0n) is 39.5. The fourth-order valence-corrected chi connectivity index (χ4v) is 5.62. The van der Waals surface area contributed by atoms with Crippen molar-refractivity contribution < 1.29 is 81.3 Å². The SMILES string of the molecule is CC(C)CC(C)(C#CC(C)(CC(C)C)OCCOCCOCCOCCOCCOCCOCCOCCOCCOCCOCCOCCOCCOCCOCCO)CO. The maximum absolute atomic E-state index is 9.93. The van der Waals surface area contributed by atoms with Gasteiger partial charge in [0.25, 0.3) is 0 Å². The van der Waals surface area contributed by atoms with Gasteiger partial charge >= 0.3 is 0 Å². The molecule has 0 bridgehead atoms. The van der Waals surface area contributed by atoms with Gasteiger partial charge in [-0.25, -0.2) is 0 Å². The van der Waals surface area contributed by atoms with E-state index >= 15 is 0 Å². The Bertz CT molecular complexity index is 969.